The molecule has 17 heavy (non-hydrogen) atoms. The zero-order valence-corrected chi connectivity index (χ0v) is 7.83. The highest BCUT2D eigenvalue weighted by molar-refractivity contribution is 6.07. The zero-order chi connectivity index (χ0) is 13.0. The Bertz CT molecular complexity index is 561. The van der Waals surface area contributed by atoms with Crippen molar-refractivity contribution in [2.24, 2.45) is 0 Å². The van der Waals surface area contributed by atoms with Crippen LogP contribution in [-0.2, 0) is 5.92 Å². The summed E-state index contributed by atoms with van der Waals surface area (Å²) in [6, 6.07) is 0. The van der Waals surface area contributed by atoms with E-state index in [4.69, 9.17) is 0 Å². The van der Waals surface area contributed by atoms with Crippen LogP contribution in [0, 0.1) is 23.3 Å². The van der Waals surface area contributed by atoms with E-state index in [-0.39, 0.29) is 12.2 Å². The van der Waals surface area contributed by atoms with Crippen LogP contribution in [0.1, 0.15) is 15.9 Å². The normalized spacial score (nSPS) is 17.2. The van der Waals surface area contributed by atoms with Crippen LogP contribution in [-0.4, -0.2) is 5.78 Å². The first-order valence-electron chi connectivity index (χ1n) is 4.25. The number of benzene rings is 1. The van der Waals surface area contributed by atoms with Crippen LogP contribution in [0.4, 0.5) is 26.3 Å². The molecule has 1 aromatic rings. The van der Waals surface area contributed by atoms with E-state index in [1.807, 2.05) is 0 Å². The smallest absolute Gasteiger partial charge is 0.289 e. The Hall–Kier alpha value is -1.79. The van der Waals surface area contributed by atoms with Gasteiger partial charge < -0.3 is 0 Å². The molecule has 0 saturated carbocycles. The van der Waals surface area contributed by atoms with Gasteiger partial charge in [-0.3, -0.25) is 4.79 Å². The van der Waals surface area contributed by atoms with Gasteiger partial charge in [-0.15, -0.1) is 0 Å². The molecule has 90 valence electrons. The molecule has 0 aliphatic heterocycles. The van der Waals surface area contributed by atoms with Gasteiger partial charge >= 0.3 is 0 Å². The SMILES string of the molecule is O=C1C=CC(F)(F)c2c(F)c(F)c(F)c(F)c21. The molecule has 1 aliphatic carbocycles. The fraction of sp³-hybridized carbons (Fsp3) is 0.100. The Morgan fingerprint density at radius 2 is 1.41 bits per heavy atom. The number of allylic oxidation sites excluding steroid dienone is 2. The topological polar surface area (TPSA) is 17.1 Å². The summed E-state index contributed by atoms with van der Waals surface area (Å²) >= 11 is 0. The fourth-order valence-electron chi connectivity index (χ4n) is 1.52. The van der Waals surface area contributed by atoms with Gasteiger partial charge in [0, 0.05) is 0 Å². The lowest BCUT2D eigenvalue weighted by molar-refractivity contribution is 0.0420. The van der Waals surface area contributed by atoms with Crippen molar-refractivity contribution in [2.75, 3.05) is 0 Å². The number of halogens is 6. The average molecular weight is 252 g/mol. The van der Waals surface area contributed by atoms with Crippen LogP contribution in [0.15, 0.2) is 12.2 Å². The maximum absolute atomic E-state index is 13.2. The van der Waals surface area contributed by atoms with E-state index in [1.165, 1.54) is 0 Å². The van der Waals surface area contributed by atoms with E-state index in [9.17, 15) is 31.1 Å². The highest BCUT2D eigenvalue weighted by Gasteiger charge is 2.43. The number of ketones is 1. The molecule has 1 aliphatic rings. The minimum atomic E-state index is -4.07. The van der Waals surface area contributed by atoms with Crippen LogP contribution in [0.25, 0.3) is 0 Å². The van der Waals surface area contributed by atoms with Crippen LogP contribution in [0.3, 0.4) is 0 Å². The summed E-state index contributed by atoms with van der Waals surface area (Å²) < 4.78 is 78.3. The molecule has 0 unspecified atom stereocenters. The molecular weight excluding hydrogens is 250 g/mol. The maximum Gasteiger partial charge on any atom is 0.295 e. The number of rotatable bonds is 0. The number of alkyl halides is 2. The molecule has 0 atom stereocenters. The first kappa shape index (κ1) is 11.7. The molecule has 0 saturated heterocycles. The molecule has 1 nitrogen and oxygen atoms in total. The predicted octanol–water partition coefficient (Wildman–Crippen LogP) is 3.09. The van der Waals surface area contributed by atoms with Crippen molar-refractivity contribution >= 4 is 5.78 Å². The maximum atomic E-state index is 13.2. The van der Waals surface area contributed by atoms with Gasteiger partial charge in [0.25, 0.3) is 5.92 Å². The van der Waals surface area contributed by atoms with E-state index in [1.54, 1.807) is 0 Å². The monoisotopic (exact) mass is 252 g/mol. The lowest BCUT2D eigenvalue weighted by Crippen LogP contribution is -2.25. The van der Waals surface area contributed by atoms with Gasteiger partial charge in [0.2, 0.25) is 0 Å². The molecule has 7 heteroatoms. The van der Waals surface area contributed by atoms with Gasteiger partial charge in [0.1, 0.15) is 0 Å². The second kappa shape index (κ2) is 3.35. The Labute approximate surface area is 90.4 Å². The van der Waals surface area contributed by atoms with Crippen molar-refractivity contribution in [3.05, 3.63) is 46.5 Å². The quantitative estimate of drug-likeness (QED) is 0.394. The highest BCUT2D eigenvalue weighted by atomic mass is 19.3. The standard InChI is InChI=1S/C10H2F6O/c11-6-4-3(17)1-2-10(15,16)5(4)7(12)9(14)8(6)13/h1-2H. The lowest BCUT2D eigenvalue weighted by Gasteiger charge is -2.21. The van der Waals surface area contributed by atoms with Crippen molar-refractivity contribution in [2.45, 2.75) is 5.92 Å². The largest absolute Gasteiger partial charge is 0.295 e. The molecule has 0 amide bonds. The third-order valence-electron chi connectivity index (χ3n) is 2.29. The highest BCUT2D eigenvalue weighted by Crippen LogP contribution is 2.40. The minimum absolute atomic E-state index is 0.00245. The second-order valence-electron chi connectivity index (χ2n) is 3.33. The Morgan fingerprint density at radius 3 is 2.00 bits per heavy atom. The molecule has 0 N–H and O–H groups in total. The average Bonchev–Trinajstić information content (AvgIpc) is 2.26. The molecule has 0 heterocycles. The molecule has 0 aromatic heterocycles. The third kappa shape index (κ3) is 1.45. The molecule has 2 rings (SSSR count). The van der Waals surface area contributed by atoms with Crippen LogP contribution < -0.4 is 0 Å². The van der Waals surface area contributed by atoms with Crippen molar-refractivity contribution in [3.8, 4) is 0 Å². The summed E-state index contributed by atoms with van der Waals surface area (Å²) in [6.07, 6.45) is 0.278. The second-order valence-corrected chi connectivity index (χ2v) is 3.33. The molecule has 0 fully saturated rings. The summed E-state index contributed by atoms with van der Waals surface area (Å²) in [5.41, 5.74) is -3.25. The number of hydrogen-bond donors (Lipinski definition) is 0. The van der Waals surface area contributed by atoms with Gasteiger partial charge in [-0.2, -0.15) is 8.78 Å². The summed E-state index contributed by atoms with van der Waals surface area (Å²) in [5.74, 6) is -14.5. The number of hydrogen-bond acceptors (Lipinski definition) is 1. The van der Waals surface area contributed by atoms with Crippen LogP contribution >= 0.6 is 0 Å². The van der Waals surface area contributed by atoms with Crippen LogP contribution in [0.5, 0.6) is 0 Å². The summed E-state index contributed by atoms with van der Waals surface area (Å²) in [6.45, 7) is 0. The van der Waals surface area contributed by atoms with E-state index in [2.05, 4.69) is 0 Å². The molecule has 1 aromatic carbocycles. The summed E-state index contributed by atoms with van der Waals surface area (Å²) in [7, 11) is 0. The van der Waals surface area contributed by atoms with Gasteiger partial charge in [0.05, 0.1) is 11.1 Å². The van der Waals surface area contributed by atoms with E-state index < -0.39 is 46.1 Å². The summed E-state index contributed by atoms with van der Waals surface area (Å²) in [4.78, 5) is 11.1. The Kier molecular flexibility index (Phi) is 2.30. The number of fused-ring (bicyclic) bond motifs is 1. The lowest BCUT2D eigenvalue weighted by atomic mass is 9.91. The van der Waals surface area contributed by atoms with Crippen molar-refractivity contribution in [1.29, 1.82) is 0 Å². The van der Waals surface area contributed by atoms with E-state index in [0.29, 0.717) is 0 Å². The fourth-order valence-corrected chi connectivity index (χ4v) is 1.52. The van der Waals surface area contributed by atoms with Gasteiger partial charge in [-0.1, -0.05) is 0 Å². The van der Waals surface area contributed by atoms with E-state index >= 15 is 0 Å². The number of carbonyl (C=O) groups excluding carboxylic acids is 1. The molecule has 0 spiro atoms. The zero-order valence-electron chi connectivity index (χ0n) is 7.83. The van der Waals surface area contributed by atoms with Gasteiger partial charge in [-0.05, 0) is 12.2 Å². The third-order valence-corrected chi connectivity index (χ3v) is 2.29. The number of carbonyl (C=O) groups is 1. The summed E-state index contributed by atoms with van der Waals surface area (Å²) in [5, 5.41) is 0. The van der Waals surface area contributed by atoms with Gasteiger partial charge in [0.15, 0.2) is 29.1 Å². The van der Waals surface area contributed by atoms with Gasteiger partial charge in [-0.25, -0.2) is 17.6 Å². The Morgan fingerprint density at radius 1 is 0.882 bits per heavy atom. The van der Waals surface area contributed by atoms with E-state index in [0.717, 1.165) is 0 Å². The van der Waals surface area contributed by atoms with Crippen molar-refractivity contribution < 1.29 is 31.1 Å². The van der Waals surface area contributed by atoms with Crippen LogP contribution in [0.2, 0.25) is 0 Å². The van der Waals surface area contributed by atoms with Crippen molar-refractivity contribution in [1.82, 2.24) is 0 Å². The predicted molar refractivity (Wildman–Crippen MR) is 43.6 cm³/mol. The molecule has 0 bridgehead atoms. The first-order chi connectivity index (χ1) is 7.77. The molecule has 0 radical (unpaired) electrons. The van der Waals surface area contributed by atoms with Crippen molar-refractivity contribution in [3.63, 3.8) is 0 Å². The molecular formula is C10H2F6O. The first-order valence-corrected chi connectivity index (χ1v) is 4.25. The Balaban J connectivity index is 2.94. The minimum Gasteiger partial charge on any atom is -0.289 e.